The van der Waals surface area contributed by atoms with E-state index in [0.717, 1.165) is 80.5 Å². The van der Waals surface area contributed by atoms with E-state index in [-0.39, 0.29) is 17.3 Å². The molecular formula is C44H57N3O2-2. The van der Waals surface area contributed by atoms with E-state index < -0.39 is 12.0 Å². The number of aliphatic imine (C=N–C) groups is 1. The topological polar surface area (TPSA) is 55.9 Å². The van der Waals surface area contributed by atoms with Crippen LogP contribution in [0.5, 0.6) is 0 Å². The van der Waals surface area contributed by atoms with Gasteiger partial charge in [-0.05, 0) is 41.8 Å². The third kappa shape index (κ3) is 7.18. The van der Waals surface area contributed by atoms with Gasteiger partial charge in [0.2, 0.25) is 0 Å². The SMILES string of the molecule is C=c1ccc2c(c1)C(C)(C)[C-](/C=C/[C-]1CCC/C(=C\C=C3/N(CCCC)c4ccc(C)cc4C3(C)C)C1=NC(C[CH2-])C(=O)O)[N+]=2CCCC. The minimum atomic E-state index is -0.931. The summed E-state index contributed by atoms with van der Waals surface area (Å²) in [6.45, 7) is 26.0. The number of fused-ring (bicyclic) bond motifs is 2. The molecule has 1 unspecified atom stereocenters. The van der Waals surface area contributed by atoms with Gasteiger partial charge in [-0.3, -0.25) is 15.9 Å². The van der Waals surface area contributed by atoms with E-state index in [9.17, 15) is 9.90 Å². The van der Waals surface area contributed by atoms with Gasteiger partial charge in [0.15, 0.2) is 0 Å². The number of aliphatic carboxylic acids is 1. The fourth-order valence-electron chi connectivity index (χ4n) is 7.79. The summed E-state index contributed by atoms with van der Waals surface area (Å²) in [5.41, 5.74) is 8.07. The highest BCUT2D eigenvalue weighted by Gasteiger charge is 2.40. The number of carboxylic acids is 1. The van der Waals surface area contributed by atoms with Crippen molar-refractivity contribution in [2.75, 3.05) is 18.0 Å². The van der Waals surface area contributed by atoms with Crippen molar-refractivity contribution in [2.24, 2.45) is 4.99 Å². The molecular weight excluding hydrogens is 603 g/mol. The highest BCUT2D eigenvalue weighted by Crippen LogP contribution is 2.48. The number of anilines is 1. The lowest BCUT2D eigenvalue weighted by molar-refractivity contribution is -0.138. The summed E-state index contributed by atoms with van der Waals surface area (Å²) in [5, 5.41) is 12.4. The molecule has 1 atom stereocenters. The number of hydrogen-bond donors (Lipinski definition) is 1. The molecule has 0 amide bonds. The van der Waals surface area contributed by atoms with Crippen molar-refractivity contribution < 1.29 is 9.90 Å². The number of carbonyl (C=O) groups is 1. The first-order valence-electron chi connectivity index (χ1n) is 18.4. The van der Waals surface area contributed by atoms with Crippen molar-refractivity contribution in [3.05, 3.63) is 118 Å². The lowest BCUT2D eigenvalue weighted by Crippen LogP contribution is -2.33. The quantitative estimate of drug-likeness (QED) is 0.184. The smallest absolute Gasteiger partial charge is 0.325 e. The van der Waals surface area contributed by atoms with Crippen LogP contribution in [0.1, 0.15) is 110 Å². The first-order valence-corrected chi connectivity index (χ1v) is 18.4. The molecule has 2 heterocycles. The Morgan fingerprint density at radius 2 is 1.84 bits per heavy atom. The van der Waals surface area contributed by atoms with E-state index in [2.05, 4.69) is 132 Å². The maximum atomic E-state index is 12.3. The molecule has 0 saturated heterocycles. The maximum absolute atomic E-state index is 12.3. The zero-order valence-electron chi connectivity index (χ0n) is 31.0. The fraction of sp³-hybridized carbons (Fsp3) is 0.455. The minimum Gasteiger partial charge on any atom is -0.480 e. The van der Waals surface area contributed by atoms with Gasteiger partial charge in [0, 0.05) is 41.2 Å². The van der Waals surface area contributed by atoms with Gasteiger partial charge in [0.1, 0.15) is 17.9 Å². The molecule has 0 spiro atoms. The van der Waals surface area contributed by atoms with Crippen LogP contribution in [-0.4, -0.2) is 35.9 Å². The van der Waals surface area contributed by atoms with E-state index in [0.29, 0.717) is 0 Å². The van der Waals surface area contributed by atoms with E-state index >= 15 is 0 Å². The number of unbranched alkanes of at least 4 members (excludes halogenated alkanes) is 2. The molecule has 3 aliphatic rings. The van der Waals surface area contributed by atoms with Crippen LogP contribution in [0.25, 0.3) is 6.58 Å². The Labute approximate surface area is 295 Å². The third-order valence-electron chi connectivity index (χ3n) is 10.7. The van der Waals surface area contributed by atoms with Crippen LogP contribution in [0.15, 0.2) is 77.0 Å². The highest BCUT2D eigenvalue weighted by atomic mass is 16.4. The van der Waals surface area contributed by atoms with Crippen LogP contribution in [0, 0.1) is 25.8 Å². The predicted molar refractivity (Wildman–Crippen MR) is 206 cm³/mol. The molecule has 0 aromatic heterocycles. The molecule has 0 bridgehead atoms. The largest absolute Gasteiger partial charge is 0.480 e. The summed E-state index contributed by atoms with van der Waals surface area (Å²) >= 11 is 0. The van der Waals surface area contributed by atoms with Crippen molar-refractivity contribution in [1.82, 2.24) is 4.58 Å². The Hall–Kier alpha value is -3.99. The lowest BCUT2D eigenvalue weighted by Gasteiger charge is -2.37. The summed E-state index contributed by atoms with van der Waals surface area (Å²) in [6, 6.07) is 13.7. The Kier molecular flexibility index (Phi) is 11.0. The first-order chi connectivity index (χ1) is 23.3. The summed E-state index contributed by atoms with van der Waals surface area (Å²) in [7, 11) is 0. The standard InChI is InChI=1S/C44H57N3O2/c1-10-13-26-46-37-22-18-30(4)28-34(37)43(6,7)39(46)24-20-32-16-15-17-33(41(32)45-36(12-3)42(48)49)21-25-40-44(8,9)35-29-31(5)19-23-38(35)47(40)27-14-11-2/h18-25,28-29,36H,3-4,10-17,26-27H2,1-2,5-9H3,(H,48,49)/q-2/b24-20+,33-21+,40-25-,45-41?. The van der Waals surface area contributed by atoms with Gasteiger partial charge >= 0.3 is 5.97 Å². The van der Waals surface area contributed by atoms with Crippen molar-refractivity contribution in [2.45, 2.75) is 117 Å². The summed E-state index contributed by atoms with van der Waals surface area (Å²) in [6.07, 6.45) is 16.4. The number of hydrogen-bond acceptors (Lipinski definition) is 3. The summed E-state index contributed by atoms with van der Waals surface area (Å²) in [4.78, 5) is 19.7. The minimum absolute atomic E-state index is 0.156. The number of benzene rings is 2. The van der Waals surface area contributed by atoms with Gasteiger partial charge in [-0.25, -0.2) is 6.08 Å². The molecule has 1 fully saturated rings. The number of carboxylic acid groups (broad SMARTS) is 1. The molecule has 2 aliphatic heterocycles. The van der Waals surface area contributed by atoms with E-state index in [1.165, 1.54) is 39.5 Å². The Bertz CT molecular complexity index is 1790. The van der Waals surface area contributed by atoms with Crippen LogP contribution in [0.4, 0.5) is 5.69 Å². The number of aryl methyl sites for hydroxylation is 1. The van der Waals surface area contributed by atoms with Gasteiger partial charge in [-0.1, -0.05) is 122 Å². The van der Waals surface area contributed by atoms with Crippen LogP contribution in [0.2, 0.25) is 0 Å². The van der Waals surface area contributed by atoms with E-state index in [4.69, 9.17) is 4.99 Å². The zero-order chi connectivity index (χ0) is 35.5. The van der Waals surface area contributed by atoms with Crippen LogP contribution >= 0.6 is 0 Å². The van der Waals surface area contributed by atoms with Crippen LogP contribution in [0.3, 0.4) is 0 Å². The molecule has 2 aromatic carbocycles. The summed E-state index contributed by atoms with van der Waals surface area (Å²) in [5.74, 6) is 0.162. The fourth-order valence-corrected chi connectivity index (χ4v) is 7.79. The predicted octanol–water partition coefficient (Wildman–Crippen LogP) is 8.36. The first kappa shape index (κ1) is 36.3. The normalized spacial score (nSPS) is 21.3. The second kappa shape index (κ2) is 14.9. The summed E-state index contributed by atoms with van der Waals surface area (Å²) < 4.78 is 2.47. The molecule has 2 aromatic rings. The molecule has 5 rings (SSSR count). The van der Waals surface area contributed by atoms with Gasteiger partial charge < -0.3 is 21.5 Å². The Morgan fingerprint density at radius 3 is 2.53 bits per heavy atom. The average molecular weight is 660 g/mol. The monoisotopic (exact) mass is 659 g/mol. The third-order valence-corrected chi connectivity index (χ3v) is 10.7. The molecule has 49 heavy (non-hydrogen) atoms. The molecule has 1 aliphatic carbocycles. The second-order valence-electron chi connectivity index (χ2n) is 15.1. The molecule has 262 valence electrons. The lowest BCUT2D eigenvalue weighted by atomic mass is 9.77. The van der Waals surface area contributed by atoms with Gasteiger partial charge in [-0.15, -0.1) is 18.1 Å². The number of rotatable bonds is 12. The van der Waals surface area contributed by atoms with Crippen molar-refractivity contribution >= 4 is 23.9 Å². The molecule has 1 saturated carbocycles. The molecule has 1 N–H and O–H groups in total. The molecule has 5 nitrogen and oxygen atoms in total. The second-order valence-corrected chi connectivity index (χ2v) is 15.1. The van der Waals surface area contributed by atoms with Crippen molar-refractivity contribution in [1.29, 1.82) is 0 Å². The van der Waals surface area contributed by atoms with Crippen molar-refractivity contribution in [3.8, 4) is 0 Å². The highest BCUT2D eigenvalue weighted by molar-refractivity contribution is 6.13. The van der Waals surface area contributed by atoms with Gasteiger partial charge in [0.05, 0.1) is 0 Å². The number of nitrogens with zero attached hydrogens (tertiary/aromatic N) is 3. The van der Waals surface area contributed by atoms with Crippen LogP contribution < -0.4 is 20.1 Å². The zero-order valence-corrected chi connectivity index (χ0v) is 31.0. The average Bonchev–Trinajstić information content (AvgIpc) is 3.40. The maximum Gasteiger partial charge on any atom is 0.325 e. The van der Waals surface area contributed by atoms with E-state index in [1.807, 2.05) is 0 Å². The van der Waals surface area contributed by atoms with Crippen molar-refractivity contribution in [3.63, 3.8) is 0 Å². The van der Waals surface area contributed by atoms with Gasteiger partial charge in [0.25, 0.3) is 0 Å². The molecule has 5 heteroatoms. The van der Waals surface area contributed by atoms with E-state index in [1.54, 1.807) is 0 Å². The Morgan fingerprint density at radius 1 is 1.08 bits per heavy atom. The van der Waals surface area contributed by atoms with Gasteiger partial charge in [-0.2, -0.15) is 5.92 Å². The van der Waals surface area contributed by atoms with Crippen LogP contribution in [-0.2, 0) is 15.6 Å². The Balaban J connectivity index is 1.57. The number of allylic oxidation sites excluding steroid dienone is 5. The molecule has 0 radical (unpaired) electrons.